The number of carbonyl (C=O) groups excluding carboxylic acids is 1. The third kappa shape index (κ3) is 5.38. The minimum atomic E-state index is -4.41. The molecule has 1 aliphatic carbocycles. The molecule has 1 aliphatic rings. The summed E-state index contributed by atoms with van der Waals surface area (Å²) in [7, 11) is 0. The zero-order valence-electron chi connectivity index (χ0n) is 11.6. The largest absolute Gasteiger partial charge is 0.411 e. The molecule has 0 heterocycles. The standard InChI is InChI=1S/C15H18F3NO2/c16-15(17,18)10-21-9-14(20)19-8-11-4-6-13(7-5-11)12-2-1-3-12/h4-7,12H,1-3,8-10H2,(H,19,20). The van der Waals surface area contributed by atoms with E-state index in [0.717, 1.165) is 5.56 Å². The maximum Gasteiger partial charge on any atom is 0.411 e. The number of hydrogen-bond donors (Lipinski definition) is 1. The number of benzene rings is 1. The molecule has 0 radical (unpaired) electrons. The minimum Gasteiger partial charge on any atom is -0.362 e. The van der Waals surface area contributed by atoms with Crippen LogP contribution in [0.2, 0.25) is 0 Å². The van der Waals surface area contributed by atoms with Crippen molar-refractivity contribution in [2.45, 2.75) is 37.9 Å². The first-order chi connectivity index (χ1) is 9.94. The first kappa shape index (κ1) is 15.8. The monoisotopic (exact) mass is 301 g/mol. The predicted molar refractivity (Wildman–Crippen MR) is 71.8 cm³/mol. The first-order valence-electron chi connectivity index (χ1n) is 6.94. The van der Waals surface area contributed by atoms with Crippen LogP contribution in [0.1, 0.15) is 36.3 Å². The Labute approximate surface area is 121 Å². The smallest absolute Gasteiger partial charge is 0.362 e. The van der Waals surface area contributed by atoms with Crippen molar-refractivity contribution >= 4 is 5.91 Å². The third-order valence-corrected chi connectivity index (χ3v) is 3.54. The van der Waals surface area contributed by atoms with Crippen molar-refractivity contribution in [2.24, 2.45) is 0 Å². The van der Waals surface area contributed by atoms with Crippen molar-refractivity contribution < 1.29 is 22.7 Å². The van der Waals surface area contributed by atoms with Gasteiger partial charge in [0.25, 0.3) is 0 Å². The Hall–Kier alpha value is -1.56. The van der Waals surface area contributed by atoms with Gasteiger partial charge in [0.05, 0.1) is 0 Å². The number of rotatable bonds is 6. The van der Waals surface area contributed by atoms with E-state index >= 15 is 0 Å². The van der Waals surface area contributed by atoms with E-state index in [1.165, 1.54) is 24.8 Å². The molecule has 1 aromatic rings. The van der Waals surface area contributed by atoms with Gasteiger partial charge in [0.1, 0.15) is 13.2 Å². The van der Waals surface area contributed by atoms with Crippen molar-refractivity contribution in [1.82, 2.24) is 5.32 Å². The van der Waals surface area contributed by atoms with Crippen LogP contribution in [0.4, 0.5) is 13.2 Å². The Bertz CT molecular complexity index is 467. The van der Waals surface area contributed by atoms with Gasteiger partial charge in [-0.05, 0) is 29.9 Å². The first-order valence-corrected chi connectivity index (χ1v) is 6.94. The van der Waals surface area contributed by atoms with Crippen LogP contribution in [0.15, 0.2) is 24.3 Å². The van der Waals surface area contributed by atoms with Gasteiger partial charge in [0.2, 0.25) is 5.91 Å². The molecule has 116 valence electrons. The molecular weight excluding hydrogens is 283 g/mol. The zero-order valence-corrected chi connectivity index (χ0v) is 11.6. The van der Waals surface area contributed by atoms with Crippen molar-refractivity contribution in [3.05, 3.63) is 35.4 Å². The lowest BCUT2D eigenvalue weighted by molar-refractivity contribution is -0.175. The van der Waals surface area contributed by atoms with Crippen molar-refractivity contribution in [3.8, 4) is 0 Å². The molecule has 1 amide bonds. The molecule has 0 aliphatic heterocycles. The fraction of sp³-hybridized carbons (Fsp3) is 0.533. The Balaban J connectivity index is 1.68. The zero-order chi connectivity index (χ0) is 15.3. The minimum absolute atomic E-state index is 0.291. The Morgan fingerprint density at radius 3 is 2.43 bits per heavy atom. The highest BCUT2D eigenvalue weighted by molar-refractivity contribution is 5.77. The molecule has 0 bridgehead atoms. The highest BCUT2D eigenvalue weighted by atomic mass is 19.4. The molecule has 1 fully saturated rings. The molecule has 2 rings (SSSR count). The average molecular weight is 301 g/mol. The van der Waals surface area contributed by atoms with Crippen LogP contribution in [0, 0.1) is 0 Å². The third-order valence-electron chi connectivity index (χ3n) is 3.54. The Morgan fingerprint density at radius 2 is 1.90 bits per heavy atom. The van der Waals surface area contributed by atoms with Crippen LogP contribution >= 0.6 is 0 Å². The van der Waals surface area contributed by atoms with E-state index in [1.54, 1.807) is 0 Å². The maximum atomic E-state index is 11.8. The molecule has 0 spiro atoms. The molecule has 21 heavy (non-hydrogen) atoms. The number of alkyl halides is 3. The molecule has 0 atom stereocenters. The highest BCUT2D eigenvalue weighted by Gasteiger charge is 2.27. The number of nitrogens with one attached hydrogen (secondary N) is 1. The van der Waals surface area contributed by atoms with Crippen molar-refractivity contribution in [2.75, 3.05) is 13.2 Å². The van der Waals surface area contributed by atoms with E-state index in [2.05, 4.69) is 10.1 Å². The number of hydrogen-bond acceptors (Lipinski definition) is 2. The summed E-state index contributed by atoms with van der Waals surface area (Å²) in [5.41, 5.74) is 2.23. The number of amides is 1. The normalized spacial score (nSPS) is 15.6. The average Bonchev–Trinajstić information content (AvgIpc) is 2.34. The predicted octanol–water partition coefficient (Wildman–Crippen LogP) is 3.15. The summed E-state index contributed by atoms with van der Waals surface area (Å²) in [4.78, 5) is 11.3. The lowest BCUT2D eigenvalue weighted by Gasteiger charge is -2.25. The summed E-state index contributed by atoms with van der Waals surface area (Å²) in [5.74, 6) is 0.103. The molecule has 0 aromatic heterocycles. The van der Waals surface area contributed by atoms with Gasteiger partial charge < -0.3 is 10.1 Å². The van der Waals surface area contributed by atoms with Crippen LogP contribution in [0.3, 0.4) is 0 Å². The summed E-state index contributed by atoms with van der Waals surface area (Å²) in [6, 6.07) is 7.96. The maximum absolute atomic E-state index is 11.8. The number of carbonyl (C=O) groups is 1. The van der Waals surface area contributed by atoms with Crippen molar-refractivity contribution in [3.63, 3.8) is 0 Å². The second kappa shape index (κ2) is 6.93. The summed E-state index contributed by atoms with van der Waals surface area (Å²) < 4.78 is 39.8. The second-order valence-corrected chi connectivity index (χ2v) is 5.25. The van der Waals surface area contributed by atoms with E-state index in [-0.39, 0.29) is 0 Å². The fourth-order valence-electron chi connectivity index (χ4n) is 2.16. The van der Waals surface area contributed by atoms with Crippen LogP contribution < -0.4 is 5.32 Å². The highest BCUT2D eigenvalue weighted by Crippen LogP contribution is 2.36. The summed E-state index contributed by atoms with van der Waals surface area (Å²) in [5, 5.41) is 2.53. The molecule has 3 nitrogen and oxygen atoms in total. The van der Waals surface area contributed by atoms with Gasteiger partial charge in [-0.3, -0.25) is 4.79 Å². The SMILES string of the molecule is O=C(COCC(F)(F)F)NCc1ccc(C2CCC2)cc1. The molecule has 1 aromatic carbocycles. The van der Waals surface area contributed by atoms with E-state index in [1.807, 2.05) is 24.3 Å². The van der Waals surface area contributed by atoms with Crippen LogP contribution in [0.5, 0.6) is 0 Å². The quantitative estimate of drug-likeness (QED) is 0.876. The van der Waals surface area contributed by atoms with Crippen LogP contribution in [0.25, 0.3) is 0 Å². The molecule has 1 saturated carbocycles. The van der Waals surface area contributed by atoms with E-state index in [0.29, 0.717) is 12.5 Å². The molecule has 1 N–H and O–H groups in total. The molecule has 0 saturated heterocycles. The Morgan fingerprint density at radius 1 is 1.24 bits per heavy atom. The van der Waals surface area contributed by atoms with Crippen molar-refractivity contribution in [1.29, 1.82) is 0 Å². The van der Waals surface area contributed by atoms with E-state index in [4.69, 9.17) is 0 Å². The molecular formula is C15H18F3NO2. The van der Waals surface area contributed by atoms with Gasteiger partial charge in [-0.15, -0.1) is 0 Å². The summed E-state index contributed by atoms with van der Waals surface area (Å²) in [6.07, 6.45) is -0.669. The summed E-state index contributed by atoms with van der Waals surface area (Å²) >= 11 is 0. The van der Waals surface area contributed by atoms with E-state index in [9.17, 15) is 18.0 Å². The Kier molecular flexibility index (Phi) is 5.22. The van der Waals surface area contributed by atoms with Gasteiger partial charge in [0, 0.05) is 6.54 Å². The lowest BCUT2D eigenvalue weighted by atomic mass is 9.80. The van der Waals surface area contributed by atoms with Gasteiger partial charge in [-0.2, -0.15) is 13.2 Å². The van der Waals surface area contributed by atoms with Gasteiger partial charge in [0.15, 0.2) is 0 Å². The van der Waals surface area contributed by atoms with Crippen LogP contribution in [-0.2, 0) is 16.1 Å². The topological polar surface area (TPSA) is 38.3 Å². The molecule has 0 unspecified atom stereocenters. The van der Waals surface area contributed by atoms with Gasteiger partial charge in [-0.25, -0.2) is 0 Å². The number of halogens is 3. The fourth-order valence-corrected chi connectivity index (χ4v) is 2.16. The van der Waals surface area contributed by atoms with Crippen LogP contribution in [-0.4, -0.2) is 25.3 Å². The molecule has 6 heteroatoms. The van der Waals surface area contributed by atoms with Gasteiger partial charge >= 0.3 is 6.18 Å². The van der Waals surface area contributed by atoms with E-state index < -0.39 is 25.3 Å². The second-order valence-electron chi connectivity index (χ2n) is 5.25. The lowest BCUT2D eigenvalue weighted by Crippen LogP contribution is -2.29. The van der Waals surface area contributed by atoms with Gasteiger partial charge in [-0.1, -0.05) is 30.7 Å². The number of ether oxygens (including phenoxy) is 1. The summed E-state index contributed by atoms with van der Waals surface area (Å²) in [6.45, 7) is -1.70.